The van der Waals surface area contributed by atoms with Crippen molar-refractivity contribution < 1.29 is 9.66 Å². The van der Waals surface area contributed by atoms with Gasteiger partial charge in [0, 0.05) is 0 Å². The summed E-state index contributed by atoms with van der Waals surface area (Å²) >= 11 is 0. The minimum Gasteiger partial charge on any atom is -0.450 e. The van der Waals surface area contributed by atoms with E-state index in [1.54, 1.807) is 18.2 Å². The zero-order chi connectivity index (χ0) is 14.5. The normalized spacial score (nSPS) is 10.1. The molecule has 0 amide bonds. The Morgan fingerprint density at radius 2 is 1.90 bits per heavy atom. The van der Waals surface area contributed by atoms with Crippen LogP contribution >= 0.6 is 0 Å². The number of hydrogen-bond donors (Lipinski definition) is 2. The van der Waals surface area contributed by atoms with Crippen molar-refractivity contribution >= 4 is 11.4 Å². The van der Waals surface area contributed by atoms with Crippen LogP contribution in [-0.2, 0) is 6.42 Å². The second kappa shape index (κ2) is 6.03. The number of nitro groups is 1. The summed E-state index contributed by atoms with van der Waals surface area (Å²) in [6.07, 6.45) is 0.777. The molecule has 2 rings (SSSR count). The fourth-order valence-corrected chi connectivity index (χ4v) is 1.92. The Morgan fingerprint density at radius 3 is 2.55 bits per heavy atom. The zero-order valence-corrected chi connectivity index (χ0v) is 11.0. The number of ether oxygens (including phenoxy) is 1. The van der Waals surface area contributed by atoms with E-state index < -0.39 is 4.92 Å². The van der Waals surface area contributed by atoms with E-state index in [-0.39, 0.29) is 17.1 Å². The molecule has 20 heavy (non-hydrogen) atoms. The van der Waals surface area contributed by atoms with Crippen molar-refractivity contribution in [3.8, 4) is 11.5 Å². The number of hydrazine groups is 1. The average Bonchev–Trinajstić information content (AvgIpc) is 2.47. The lowest BCUT2D eigenvalue weighted by molar-refractivity contribution is -0.384. The third-order valence-electron chi connectivity index (χ3n) is 2.91. The lowest BCUT2D eigenvalue weighted by atomic mass is 10.1. The molecule has 2 aromatic rings. The number of nitrogens with one attached hydrogen (secondary N) is 1. The Bertz CT molecular complexity index is 629. The smallest absolute Gasteiger partial charge is 0.335 e. The molecule has 104 valence electrons. The molecule has 3 N–H and O–H groups in total. The van der Waals surface area contributed by atoms with Crippen molar-refractivity contribution in [2.75, 3.05) is 5.43 Å². The highest BCUT2D eigenvalue weighted by atomic mass is 16.6. The van der Waals surface area contributed by atoms with Crippen LogP contribution in [0.25, 0.3) is 0 Å². The third kappa shape index (κ3) is 2.70. The van der Waals surface area contributed by atoms with Crippen molar-refractivity contribution in [2.45, 2.75) is 13.3 Å². The lowest BCUT2D eigenvalue weighted by Crippen LogP contribution is -2.09. The van der Waals surface area contributed by atoms with E-state index in [1.807, 2.05) is 25.1 Å². The number of rotatable bonds is 5. The van der Waals surface area contributed by atoms with Gasteiger partial charge in [0.15, 0.2) is 0 Å². The Labute approximate surface area is 116 Å². The Kier molecular flexibility index (Phi) is 4.17. The molecule has 0 aliphatic heterocycles. The molecular weight excluding hydrogens is 258 g/mol. The lowest BCUT2D eigenvalue weighted by Gasteiger charge is -2.11. The summed E-state index contributed by atoms with van der Waals surface area (Å²) < 4.78 is 5.70. The van der Waals surface area contributed by atoms with Crippen molar-refractivity contribution in [1.29, 1.82) is 0 Å². The van der Waals surface area contributed by atoms with E-state index in [9.17, 15) is 10.1 Å². The summed E-state index contributed by atoms with van der Waals surface area (Å²) in [7, 11) is 0. The van der Waals surface area contributed by atoms with Crippen molar-refractivity contribution in [2.24, 2.45) is 5.84 Å². The summed E-state index contributed by atoms with van der Waals surface area (Å²) in [4.78, 5) is 10.7. The summed E-state index contributed by atoms with van der Waals surface area (Å²) in [5.41, 5.74) is 3.32. The molecule has 0 aliphatic carbocycles. The molecule has 0 aliphatic rings. The number of nitro benzene ring substituents is 1. The van der Waals surface area contributed by atoms with Crippen LogP contribution in [0.3, 0.4) is 0 Å². The van der Waals surface area contributed by atoms with Gasteiger partial charge in [-0.15, -0.1) is 0 Å². The van der Waals surface area contributed by atoms with Crippen LogP contribution in [0.4, 0.5) is 11.4 Å². The van der Waals surface area contributed by atoms with E-state index in [2.05, 4.69) is 5.43 Å². The number of nitrogens with two attached hydrogens (primary N) is 1. The van der Waals surface area contributed by atoms with Gasteiger partial charge in [-0.1, -0.05) is 31.2 Å². The minimum absolute atomic E-state index is 0.159. The summed E-state index contributed by atoms with van der Waals surface area (Å²) in [5.74, 6) is 6.06. The summed E-state index contributed by atoms with van der Waals surface area (Å²) in [5, 5.41) is 11.2. The first-order chi connectivity index (χ1) is 9.67. The van der Waals surface area contributed by atoms with Gasteiger partial charge in [0.1, 0.15) is 11.4 Å². The molecular formula is C14H15N3O3. The van der Waals surface area contributed by atoms with E-state index in [1.165, 1.54) is 6.07 Å². The molecule has 0 unspecified atom stereocenters. The van der Waals surface area contributed by atoms with Gasteiger partial charge < -0.3 is 10.2 Å². The van der Waals surface area contributed by atoms with Crippen LogP contribution in [-0.4, -0.2) is 4.92 Å². The first kappa shape index (κ1) is 13.8. The van der Waals surface area contributed by atoms with Gasteiger partial charge >= 0.3 is 5.69 Å². The molecule has 0 aromatic heterocycles. The number of benzene rings is 2. The fraction of sp³-hybridized carbons (Fsp3) is 0.143. The molecule has 6 heteroatoms. The summed E-state index contributed by atoms with van der Waals surface area (Å²) in [6.45, 7) is 1.99. The molecule has 0 saturated heterocycles. The van der Waals surface area contributed by atoms with Crippen LogP contribution in [0.1, 0.15) is 12.5 Å². The van der Waals surface area contributed by atoms with Gasteiger partial charge in [0.25, 0.3) is 0 Å². The Balaban J connectivity index is 2.46. The van der Waals surface area contributed by atoms with Crippen LogP contribution in [0.15, 0.2) is 42.5 Å². The van der Waals surface area contributed by atoms with Gasteiger partial charge in [-0.3, -0.25) is 16.0 Å². The predicted octanol–water partition coefficient (Wildman–Crippen LogP) is 3.24. The van der Waals surface area contributed by atoms with Crippen LogP contribution in [0.2, 0.25) is 0 Å². The topological polar surface area (TPSA) is 90.4 Å². The number of hydrogen-bond acceptors (Lipinski definition) is 5. The van der Waals surface area contributed by atoms with E-state index in [0.29, 0.717) is 5.75 Å². The molecule has 0 fully saturated rings. The van der Waals surface area contributed by atoms with Gasteiger partial charge in [-0.25, -0.2) is 0 Å². The van der Waals surface area contributed by atoms with Crippen molar-refractivity contribution in [1.82, 2.24) is 0 Å². The van der Waals surface area contributed by atoms with Gasteiger partial charge in [-0.2, -0.15) is 0 Å². The second-order valence-electron chi connectivity index (χ2n) is 4.12. The highest BCUT2D eigenvalue weighted by Crippen LogP contribution is 2.37. The van der Waals surface area contributed by atoms with Crippen molar-refractivity contribution in [3.63, 3.8) is 0 Å². The summed E-state index contributed by atoms with van der Waals surface area (Å²) in [6, 6.07) is 12.1. The number of para-hydroxylation sites is 2. The number of nitrogen functional groups attached to an aromatic ring is 1. The van der Waals surface area contributed by atoms with Gasteiger partial charge in [0.2, 0.25) is 5.75 Å². The number of aryl methyl sites for hydroxylation is 1. The maximum atomic E-state index is 11.2. The average molecular weight is 273 g/mol. The first-order valence-corrected chi connectivity index (χ1v) is 6.17. The highest BCUT2D eigenvalue weighted by Gasteiger charge is 2.21. The van der Waals surface area contributed by atoms with Gasteiger partial charge in [-0.05, 0) is 30.2 Å². The van der Waals surface area contributed by atoms with E-state index in [4.69, 9.17) is 10.6 Å². The number of nitrogens with zero attached hydrogens (tertiary/aromatic N) is 1. The Hall–Kier alpha value is -2.60. The number of anilines is 1. The van der Waals surface area contributed by atoms with E-state index >= 15 is 0 Å². The largest absolute Gasteiger partial charge is 0.450 e. The maximum absolute atomic E-state index is 11.2. The molecule has 6 nitrogen and oxygen atoms in total. The van der Waals surface area contributed by atoms with Crippen molar-refractivity contribution in [3.05, 3.63) is 58.1 Å². The fourth-order valence-electron chi connectivity index (χ4n) is 1.92. The quantitative estimate of drug-likeness (QED) is 0.496. The monoisotopic (exact) mass is 273 g/mol. The molecule has 2 aromatic carbocycles. The molecule has 0 spiro atoms. The molecule has 0 atom stereocenters. The van der Waals surface area contributed by atoms with Crippen LogP contribution in [0, 0.1) is 10.1 Å². The minimum atomic E-state index is -0.515. The Morgan fingerprint density at radius 1 is 1.20 bits per heavy atom. The SMILES string of the molecule is CCc1ccccc1Oc1cccc(NN)c1[N+](=O)[O-]. The first-order valence-electron chi connectivity index (χ1n) is 6.17. The standard InChI is InChI=1S/C14H15N3O3/c1-2-10-6-3-4-8-12(10)20-13-9-5-7-11(16-15)14(13)17(18)19/h3-9,16H,2,15H2,1H3. The molecule has 0 heterocycles. The van der Waals surface area contributed by atoms with Gasteiger partial charge in [0.05, 0.1) is 4.92 Å². The highest BCUT2D eigenvalue weighted by molar-refractivity contribution is 5.68. The van der Waals surface area contributed by atoms with Crippen LogP contribution < -0.4 is 16.0 Å². The molecule has 0 radical (unpaired) electrons. The predicted molar refractivity (Wildman–Crippen MR) is 76.8 cm³/mol. The maximum Gasteiger partial charge on any atom is 0.335 e. The van der Waals surface area contributed by atoms with E-state index in [0.717, 1.165) is 12.0 Å². The molecule has 0 saturated carbocycles. The second-order valence-corrected chi connectivity index (χ2v) is 4.12. The zero-order valence-electron chi connectivity index (χ0n) is 11.0. The van der Waals surface area contributed by atoms with Crippen LogP contribution in [0.5, 0.6) is 11.5 Å². The molecule has 0 bridgehead atoms. The third-order valence-corrected chi connectivity index (χ3v) is 2.91.